The van der Waals surface area contributed by atoms with Gasteiger partial charge in [-0.1, -0.05) is 19.1 Å². The Balaban J connectivity index is 1.86. The van der Waals surface area contributed by atoms with E-state index < -0.39 is 0 Å². The zero-order valence-corrected chi connectivity index (χ0v) is 12.2. The van der Waals surface area contributed by atoms with Gasteiger partial charge in [-0.25, -0.2) is 0 Å². The summed E-state index contributed by atoms with van der Waals surface area (Å²) in [6.07, 6.45) is 6.05. The fourth-order valence-corrected chi connectivity index (χ4v) is 3.05. The second-order valence-corrected chi connectivity index (χ2v) is 5.87. The van der Waals surface area contributed by atoms with Gasteiger partial charge < -0.3 is 10.2 Å². The van der Waals surface area contributed by atoms with Crippen LogP contribution < -0.4 is 5.73 Å². The first-order chi connectivity index (χ1) is 9.78. The van der Waals surface area contributed by atoms with Crippen molar-refractivity contribution in [1.29, 1.82) is 0 Å². The van der Waals surface area contributed by atoms with Crippen LogP contribution in [0.1, 0.15) is 49.0 Å². The maximum atomic E-state index is 6.02. The van der Waals surface area contributed by atoms with Crippen LogP contribution >= 0.6 is 0 Å². The van der Waals surface area contributed by atoms with Gasteiger partial charge in [0.2, 0.25) is 0 Å². The van der Waals surface area contributed by atoms with Crippen molar-refractivity contribution in [3.8, 4) is 11.3 Å². The minimum absolute atomic E-state index is 0.395. The Kier molecular flexibility index (Phi) is 3.93. The Morgan fingerprint density at radius 2 is 1.90 bits per heavy atom. The summed E-state index contributed by atoms with van der Waals surface area (Å²) >= 11 is 0. The molecule has 3 rings (SSSR count). The lowest BCUT2D eigenvalue weighted by molar-refractivity contribution is 0.474. The zero-order valence-electron chi connectivity index (χ0n) is 12.2. The second-order valence-electron chi connectivity index (χ2n) is 5.87. The van der Waals surface area contributed by atoms with Crippen LogP contribution in [0.2, 0.25) is 0 Å². The van der Waals surface area contributed by atoms with E-state index in [1.807, 2.05) is 0 Å². The third-order valence-corrected chi connectivity index (χ3v) is 4.35. The molecule has 1 aromatic heterocycles. The highest BCUT2D eigenvalue weighted by atomic mass is 16.3. The molecule has 2 N–H and O–H groups in total. The fraction of sp³-hybridized carbons (Fsp3) is 0.444. The van der Waals surface area contributed by atoms with Gasteiger partial charge in [-0.3, -0.25) is 0 Å². The quantitative estimate of drug-likeness (QED) is 0.900. The third-order valence-electron chi connectivity index (χ3n) is 4.35. The standard InChI is InChI=1S/C18H23NO/c1-13(10-11-19)17-8-9-18(20-17)16-7-6-14-4-2-3-5-15(14)12-16/h6-9,12-13H,2-5,10-11,19H2,1H3. The number of hydrogen-bond acceptors (Lipinski definition) is 2. The van der Waals surface area contributed by atoms with Crippen LogP contribution in [0, 0.1) is 0 Å². The van der Waals surface area contributed by atoms with E-state index in [0.717, 1.165) is 17.9 Å². The molecule has 2 heteroatoms. The van der Waals surface area contributed by atoms with Crippen LogP contribution in [0.15, 0.2) is 34.7 Å². The molecule has 1 atom stereocenters. The molecule has 0 aliphatic heterocycles. The first-order valence-electron chi connectivity index (χ1n) is 7.70. The van der Waals surface area contributed by atoms with Gasteiger partial charge in [0.1, 0.15) is 11.5 Å². The van der Waals surface area contributed by atoms with Crippen molar-refractivity contribution < 1.29 is 4.42 Å². The molecule has 20 heavy (non-hydrogen) atoms. The summed E-state index contributed by atoms with van der Waals surface area (Å²) in [5, 5.41) is 0. The maximum absolute atomic E-state index is 6.02. The van der Waals surface area contributed by atoms with E-state index in [1.165, 1.54) is 42.4 Å². The number of rotatable bonds is 4. The molecule has 0 saturated carbocycles. The number of nitrogens with two attached hydrogens (primary N) is 1. The smallest absolute Gasteiger partial charge is 0.134 e. The summed E-state index contributed by atoms with van der Waals surface area (Å²) in [7, 11) is 0. The Bertz CT molecular complexity index is 585. The summed E-state index contributed by atoms with van der Waals surface area (Å²) in [4.78, 5) is 0. The molecule has 0 bridgehead atoms. The molecule has 2 nitrogen and oxygen atoms in total. The molecule has 0 radical (unpaired) electrons. The first kappa shape index (κ1) is 13.4. The highest BCUT2D eigenvalue weighted by Gasteiger charge is 2.14. The lowest BCUT2D eigenvalue weighted by Crippen LogP contribution is -2.03. The van der Waals surface area contributed by atoms with Gasteiger partial charge >= 0.3 is 0 Å². The molecule has 1 heterocycles. The molecule has 0 saturated heterocycles. The Morgan fingerprint density at radius 3 is 2.70 bits per heavy atom. The van der Waals surface area contributed by atoms with Gasteiger partial charge in [-0.2, -0.15) is 0 Å². The predicted molar refractivity (Wildman–Crippen MR) is 82.9 cm³/mol. The van der Waals surface area contributed by atoms with Crippen LogP contribution in [0.25, 0.3) is 11.3 Å². The number of hydrogen-bond donors (Lipinski definition) is 1. The highest BCUT2D eigenvalue weighted by Crippen LogP contribution is 2.30. The van der Waals surface area contributed by atoms with Crippen molar-refractivity contribution >= 4 is 0 Å². The summed E-state index contributed by atoms with van der Waals surface area (Å²) in [6.45, 7) is 2.87. The SMILES string of the molecule is CC(CCN)c1ccc(-c2ccc3c(c2)CCCC3)o1. The van der Waals surface area contributed by atoms with Crippen molar-refractivity contribution in [1.82, 2.24) is 0 Å². The monoisotopic (exact) mass is 269 g/mol. The van der Waals surface area contributed by atoms with Crippen molar-refractivity contribution in [3.63, 3.8) is 0 Å². The van der Waals surface area contributed by atoms with Crippen LogP contribution in [0.3, 0.4) is 0 Å². The van der Waals surface area contributed by atoms with Crippen LogP contribution in [-0.2, 0) is 12.8 Å². The van der Waals surface area contributed by atoms with Gasteiger partial charge in [-0.05, 0) is 68.0 Å². The van der Waals surface area contributed by atoms with Crippen LogP contribution in [0.4, 0.5) is 0 Å². The number of furan rings is 1. The second kappa shape index (κ2) is 5.84. The van der Waals surface area contributed by atoms with Gasteiger partial charge in [-0.15, -0.1) is 0 Å². The molecule has 1 aliphatic rings. The van der Waals surface area contributed by atoms with Gasteiger partial charge in [0, 0.05) is 11.5 Å². The summed E-state index contributed by atoms with van der Waals surface area (Å²) in [6, 6.07) is 11.0. The van der Waals surface area contributed by atoms with E-state index in [9.17, 15) is 0 Å². The van der Waals surface area contributed by atoms with Crippen molar-refractivity contribution in [2.45, 2.75) is 44.9 Å². The Labute approximate surface area is 121 Å². The maximum Gasteiger partial charge on any atom is 0.134 e. The molecule has 1 aliphatic carbocycles. The van der Waals surface area contributed by atoms with Crippen molar-refractivity contribution in [3.05, 3.63) is 47.2 Å². The molecule has 1 unspecified atom stereocenters. The topological polar surface area (TPSA) is 39.2 Å². The summed E-state index contributed by atoms with van der Waals surface area (Å²) < 4.78 is 6.02. The molecule has 0 fully saturated rings. The van der Waals surface area contributed by atoms with E-state index in [0.29, 0.717) is 12.5 Å². The number of benzene rings is 1. The molecule has 106 valence electrons. The summed E-state index contributed by atoms with van der Waals surface area (Å²) in [5.74, 6) is 2.42. The summed E-state index contributed by atoms with van der Waals surface area (Å²) in [5.41, 5.74) is 9.84. The third kappa shape index (κ3) is 2.66. The van der Waals surface area contributed by atoms with E-state index in [-0.39, 0.29) is 0 Å². The van der Waals surface area contributed by atoms with Gasteiger partial charge in [0.15, 0.2) is 0 Å². The lowest BCUT2D eigenvalue weighted by Gasteiger charge is -2.16. The fourth-order valence-electron chi connectivity index (χ4n) is 3.05. The van der Waals surface area contributed by atoms with E-state index >= 15 is 0 Å². The molecule has 1 aromatic carbocycles. The van der Waals surface area contributed by atoms with E-state index in [1.54, 1.807) is 0 Å². The van der Waals surface area contributed by atoms with Crippen molar-refractivity contribution in [2.75, 3.05) is 6.54 Å². The predicted octanol–water partition coefficient (Wildman–Crippen LogP) is 4.28. The zero-order chi connectivity index (χ0) is 13.9. The lowest BCUT2D eigenvalue weighted by atomic mass is 9.90. The van der Waals surface area contributed by atoms with Gasteiger partial charge in [0.25, 0.3) is 0 Å². The normalized spacial score (nSPS) is 15.9. The van der Waals surface area contributed by atoms with Crippen molar-refractivity contribution in [2.24, 2.45) is 5.73 Å². The molecule has 2 aromatic rings. The average molecular weight is 269 g/mol. The van der Waals surface area contributed by atoms with E-state index in [4.69, 9.17) is 10.2 Å². The minimum atomic E-state index is 0.395. The molecular weight excluding hydrogens is 246 g/mol. The van der Waals surface area contributed by atoms with Gasteiger partial charge in [0.05, 0.1) is 0 Å². The molecule has 0 amide bonds. The average Bonchev–Trinajstić information content (AvgIpc) is 2.97. The van der Waals surface area contributed by atoms with E-state index in [2.05, 4.69) is 37.3 Å². The Morgan fingerprint density at radius 1 is 1.10 bits per heavy atom. The molecule has 0 spiro atoms. The minimum Gasteiger partial charge on any atom is -0.461 e. The van der Waals surface area contributed by atoms with Crippen LogP contribution in [0.5, 0.6) is 0 Å². The highest BCUT2D eigenvalue weighted by molar-refractivity contribution is 5.60. The molecular formula is C18H23NO. The van der Waals surface area contributed by atoms with Crippen LogP contribution in [-0.4, -0.2) is 6.54 Å². The Hall–Kier alpha value is -1.54. The number of aryl methyl sites for hydroxylation is 2. The largest absolute Gasteiger partial charge is 0.461 e. The first-order valence-corrected chi connectivity index (χ1v) is 7.70. The number of fused-ring (bicyclic) bond motifs is 1.